The molecule has 3 aromatic carbocycles. The summed E-state index contributed by atoms with van der Waals surface area (Å²) in [7, 11) is -2.20. The summed E-state index contributed by atoms with van der Waals surface area (Å²) in [4.78, 5) is 12.8. The van der Waals surface area contributed by atoms with Crippen LogP contribution in [-0.4, -0.2) is 28.0 Å². The number of carbonyl (C=O) groups is 1. The van der Waals surface area contributed by atoms with Crippen molar-refractivity contribution in [1.82, 2.24) is 0 Å². The van der Waals surface area contributed by atoms with Crippen LogP contribution in [0.2, 0.25) is 0 Å². The topological polar surface area (TPSA) is 75.7 Å². The Balaban J connectivity index is 1.76. The van der Waals surface area contributed by atoms with Crippen LogP contribution in [0.4, 0.5) is 11.4 Å². The molecule has 156 valence electrons. The molecule has 0 atom stereocenters. The zero-order chi connectivity index (χ0) is 21.6. The van der Waals surface area contributed by atoms with E-state index in [1.165, 1.54) is 23.5 Å². The summed E-state index contributed by atoms with van der Waals surface area (Å²) in [5.74, 6) is 0.194. The highest BCUT2D eigenvalue weighted by molar-refractivity contribution is 7.92. The summed E-state index contributed by atoms with van der Waals surface area (Å²) in [6, 6.07) is 21.9. The third-order valence-electron chi connectivity index (χ3n) is 4.48. The second kappa shape index (κ2) is 9.45. The highest BCUT2D eigenvalue weighted by Crippen LogP contribution is 2.24. The molecule has 0 saturated heterocycles. The molecule has 0 unspecified atom stereocenters. The Bertz CT molecular complexity index is 1100. The number of hydrogen-bond donors (Lipinski definition) is 1. The summed E-state index contributed by atoms with van der Waals surface area (Å²) in [5, 5.41) is 2.79. The first-order valence-electron chi connectivity index (χ1n) is 9.60. The third-order valence-corrected chi connectivity index (χ3v) is 6.28. The van der Waals surface area contributed by atoms with E-state index in [-0.39, 0.29) is 10.8 Å². The molecular weight excluding hydrogens is 400 g/mol. The average Bonchev–Trinajstić information content (AvgIpc) is 2.78. The van der Waals surface area contributed by atoms with E-state index in [4.69, 9.17) is 4.74 Å². The Morgan fingerprint density at radius 3 is 2.23 bits per heavy atom. The van der Waals surface area contributed by atoms with Gasteiger partial charge in [-0.2, -0.15) is 0 Å². The van der Waals surface area contributed by atoms with Gasteiger partial charge in [0, 0.05) is 12.7 Å². The predicted octanol–water partition coefficient (Wildman–Crippen LogP) is 4.55. The minimum atomic E-state index is -3.71. The van der Waals surface area contributed by atoms with E-state index in [0.29, 0.717) is 29.3 Å². The second-order valence-corrected chi connectivity index (χ2v) is 8.60. The fourth-order valence-electron chi connectivity index (χ4n) is 2.84. The monoisotopic (exact) mass is 424 g/mol. The van der Waals surface area contributed by atoms with Crippen LogP contribution in [0.25, 0.3) is 0 Å². The number of benzene rings is 3. The number of sulfonamides is 1. The molecular formula is C23H24N2O4S. The summed E-state index contributed by atoms with van der Waals surface area (Å²) < 4.78 is 32.6. The highest BCUT2D eigenvalue weighted by Gasteiger charge is 2.21. The van der Waals surface area contributed by atoms with Crippen LogP contribution >= 0.6 is 0 Å². The standard InChI is InChI=1S/C23H24N2O4S/c1-3-17-29-22-12-8-7-11-21(22)23(26)24-18-13-15-20(16-14-18)30(27,28)25(2)19-9-5-4-6-10-19/h4-16H,3,17H2,1-2H3,(H,24,26). The lowest BCUT2D eigenvalue weighted by Gasteiger charge is -2.19. The number of nitrogens with one attached hydrogen (secondary N) is 1. The van der Waals surface area contributed by atoms with Crippen LogP contribution in [0.5, 0.6) is 5.75 Å². The summed E-state index contributed by atoms with van der Waals surface area (Å²) in [6.45, 7) is 2.51. The number of anilines is 2. The normalized spacial score (nSPS) is 11.0. The second-order valence-electron chi connectivity index (χ2n) is 6.63. The first-order chi connectivity index (χ1) is 14.4. The quantitative estimate of drug-likeness (QED) is 0.575. The van der Waals surface area contributed by atoms with Crippen molar-refractivity contribution in [2.24, 2.45) is 0 Å². The molecule has 0 aliphatic carbocycles. The number of hydrogen-bond acceptors (Lipinski definition) is 4. The van der Waals surface area contributed by atoms with Gasteiger partial charge in [-0.3, -0.25) is 9.10 Å². The molecule has 0 bridgehead atoms. The minimum Gasteiger partial charge on any atom is -0.493 e. The number of rotatable bonds is 8. The summed E-state index contributed by atoms with van der Waals surface area (Å²) in [5.41, 5.74) is 1.48. The van der Waals surface area contributed by atoms with Crippen molar-refractivity contribution in [3.05, 3.63) is 84.4 Å². The molecule has 30 heavy (non-hydrogen) atoms. The Kier molecular flexibility index (Phi) is 6.74. The smallest absolute Gasteiger partial charge is 0.264 e. The lowest BCUT2D eigenvalue weighted by Crippen LogP contribution is -2.26. The number of para-hydroxylation sites is 2. The molecule has 0 heterocycles. The van der Waals surface area contributed by atoms with E-state index < -0.39 is 10.0 Å². The fourth-order valence-corrected chi connectivity index (χ4v) is 4.03. The number of ether oxygens (including phenoxy) is 1. The van der Waals surface area contributed by atoms with Crippen molar-refractivity contribution >= 4 is 27.3 Å². The van der Waals surface area contributed by atoms with Gasteiger partial charge in [0.25, 0.3) is 15.9 Å². The van der Waals surface area contributed by atoms with Crippen LogP contribution in [0, 0.1) is 0 Å². The van der Waals surface area contributed by atoms with Crippen LogP contribution in [0.15, 0.2) is 83.8 Å². The molecule has 3 aromatic rings. The van der Waals surface area contributed by atoms with E-state index in [0.717, 1.165) is 6.42 Å². The maximum Gasteiger partial charge on any atom is 0.264 e. The van der Waals surface area contributed by atoms with Gasteiger partial charge >= 0.3 is 0 Å². The van der Waals surface area contributed by atoms with Crippen LogP contribution in [-0.2, 0) is 10.0 Å². The van der Waals surface area contributed by atoms with Crippen molar-refractivity contribution in [3.63, 3.8) is 0 Å². The molecule has 6 nitrogen and oxygen atoms in total. The van der Waals surface area contributed by atoms with Gasteiger partial charge in [-0.25, -0.2) is 8.42 Å². The van der Waals surface area contributed by atoms with Gasteiger partial charge in [-0.1, -0.05) is 37.3 Å². The van der Waals surface area contributed by atoms with Gasteiger partial charge < -0.3 is 10.1 Å². The lowest BCUT2D eigenvalue weighted by atomic mass is 10.2. The first kappa shape index (κ1) is 21.4. The molecule has 0 aliphatic rings. The molecule has 0 saturated carbocycles. The highest BCUT2D eigenvalue weighted by atomic mass is 32.2. The first-order valence-corrected chi connectivity index (χ1v) is 11.0. The molecule has 0 radical (unpaired) electrons. The zero-order valence-electron chi connectivity index (χ0n) is 16.9. The Labute approximate surface area is 177 Å². The average molecular weight is 425 g/mol. The fraction of sp³-hybridized carbons (Fsp3) is 0.174. The van der Waals surface area contributed by atoms with Gasteiger partial charge in [0.15, 0.2) is 0 Å². The van der Waals surface area contributed by atoms with Gasteiger partial charge in [0.2, 0.25) is 0 Å². The lowest BCUT2D eigenvalue weighted by molar-refractivity contribution is 0.102. The van der Waals surface area contributed by atoms with Crippen LogP contribution < -0.4 is 14.4 Å². The molecule has 0 fully saturated rings. The van der Waals surface area contributed by atoms with Gasteiger partial charge in [0.1, 0.15) is 5.75 Å². The van der Waals surface area contributed by atoms with Crippen molar-refractivity contribution in [3.8, 4) is 5.75 Å². The van der Waals surface area contributed by atoms with Crippen molar-refractivity contribution in [2.75, 3.05) is 23.3 Å². The Hall–Kier alpha value is -3.32. The van der Waals surface area contributed by atoms with Gasteiger partial charge in [-0.15, -0.1) is 0 Å². The molecule has 0 aromatic heterocycles. The zero-order valence-corrected chi connectivity index (χ0v) is 17.7. The molecule has 0 aliphatic heterocycles. The summed E-state index contributed by atoms with van der Waals surface area (Å²) >= 11 is 0. The van der Waals surface area contributed by atoms with E-state index in [1.54, 1.807) is 54.6 Å². The van der Waals surface area contributed by atoms with Gasteiger partial charge in [0.05, 0.1) is 22.8 Å². The maximum atomic E-state index is 12.9. The van der Waals surface area contributed by atoms with Crippen LogP contribution in [0.1, 0.15) is 23.7 Å². The van der Waals surface area contributed by atoms with Crippen LogP contribution in [0.3, 0.4) is 0 Å². The largest absolute Gasteiger partial charge is 0.493 e. The number of carbonyl (C=O) groups excluding carboxylic acids is 1. The Morgan fingerprint density at radius 1 is 0.933 bits per heavy atom. The predicted molar refractivity (Wildman–Crippen MR) is 119 cm³/mol. The van der Waals surface area contributed by atoms with Crippen molar-refractivity contribution < 1.29 is 17.9 Å². The van der Waals surface area contributed by atoms with Gasteiger partial charge in [-0.05, 0) is 55.0 Å². The third kappa shape index (κ3) is 4.80. The van der Waals surface area contributed by atoms with E-state index in [2.05, 4.69) is 5.32 Å². The molecule has 0 spiro atoms. The number of nitrogens with zero attached hydrogens (tertiary/aromatic N) is 1. The van der Waals surface area contributed by atoms with Crippen molar-refractivity contribution in [1.29, 1.82) is 0 Å². The summed E-state index contributed by atoms with van der Waals surface area (Å²) in [6.07, 6.45) is 0.837. The SMILES string of the molecule is CCCOc1ccccc1C(=O)Nc1ccc(S(=O)(=O)N(C)c2ccccc2)cc1. The van der Waals surface area contributed by atoms with E-state index in [1.807, 2.05) is 19.1 Å². The Morgan fingerprint density at radius 2 is 1.57 bits per heavy atom. The maximum absolute atomic E-state index is 12.9. The van der Waals surface area contributed by atoms with E-state index in [9.17, 15) is 13.2 Å². The molecule has 1 N–H and O–H groups in total. The van der Waals surface area contributed by atoms with E-state index >= 15 is 0 Å². The van der Waals surface area contributed by atoms with Crippen molar-refractivity contribution in [2.45, 2.75) is 18.2 Å². The molecule has 7 heteroatoms. The molecule has 3 rings (SSSR count). The molecule has 1 amide bonds. The number of amides is 1. The minimum absolute atomic E-state index is 0.138.